The molecule has 0 aliphatic rings. The van der Waals surface area contributed by atoms with Crippen molar-refractivity contribution in [1.82, 2.24) is 0 Å². The molecule has 2 aromatic carbocycles. The highest BCUT2D eigenvalue weighted by Crippen LogP contribution is 2.25. The van der Waals surface area contributed by atoms with Gasteiger partial charge in [0.1, 0.15) is 0 Å². The summed E-state index contributed by atoms with van der Waals surface area (Å²) in [6, 6.07) is 13.5. The van der Waals surface area contributed by atoms with E-state index in [-0.39, 0.29) is 23.5 Å². The van der Waals surface area contributed by atoms with Crippen molar-refractivity contribution in [2.24, 2.45) is 0 Å². The van der Waals surface area contributed by atoms with Gasteiger partial charge >= 0.3 is 0 Å². The third-order valence-corrected chi connectivity index (χ3v) is 5.35. The molecule has 0 aliphatic heterocycles. The zero-order chi connectivity index (χ0) is 17.7. The zero-order valence-corrected chi connectivity index (χ0v) is 13.7. The number of hydrogen-bond acceptors (Lipinski definition) is 5. The number of nitrogens with zero attached hydrogens (tertiary/aromatic N) is 3. The van der Waals surface area contributed by atoms with E-state index < -0.39 is 14.9 Å². The second kappa shape index (κ2) is 7.10. The molecule has 2 rings (SSSR count). The maximum absolute atomic E-state index is 12.8. The molecule has 0 aliphatic carbocycles. The summed E-state index contributed by atoms with van der Waals surface area (Å²) in [5.41, 5.74) is 1.10. The molecule has 0 saturated heterocycles. The second-order valence-corrected chi connectivity index (χ2v) is 6.78. The molecule has 0 spiro atoms. The third-order valence-electron chi connectivity index (χ3n) is 3.43. The number of anilines is 1. The Labute approximate surface area is 140 Å². The minimum Gasteiger partial charge on any atom is -0.267 e. The fourth-order valence-electron chi connectivity index (χ4n) is 2.23. The van der Waals surface area contributed by atoms with Crippen LogP contribution in [0.1, 0.15) is 12.5 Å². The molecule has 124 valence electrons. The smallest absolute Gasteiger partial charge is 0.267 e. The predicted molar refractivity (Wildman–Crippen MR) is 89.1 cm³/mol. The van der Waals surface area contributed by atoms with Crippen molar-refractivity contribution < 1.29 is 13.3 Å². The number of nitriles is 1. The number of non-ortho nitro benzene ring substituents is 1. The summed E-state index contributed by atoms with van der Waals surface area (Å²) in [5.74, 6) is 0. The molecule has 7 nitrogen and oxygen atoms in total. The molecule has 0 bridgehead atoms. The Hall–Kier alpha value is -2.92. The molecule has 0 fully saturated rings. The molecule has 0 aromatic heterocycles. The lowest BCUT2D eigenvalue weighted by molar-refractivity contribution is -0.384. The maximum atomic E-state index is 12.8. The molecule has 0 heterocycles. The van der Waals surface area contributed by atoms with E-state index in [0.29, 0.717) is 5.69 Å². The third kappa shape index (κ3) is 3.52. The highest BCUT2D eigenvalue weighted by Gasteiger charge is 2.24. The fourth-order valence-corrected chi connectivity index (χ4v) is 3.70. The highest BCUT2D eigenvalue weighted by atomic mass is 32.2. The lowest BCUT2D eigenvalue weighted by Gasteiger charge is -2.23. The van der Waals surface area contributed by atoms with Gasteiger partial charge in [0.05, 0.1) is 28.0 Å². The van der Waals surface area contributed by atoms with Gasteiger partial charge in [-0.15, -0.1) is 0 Å². The highest BCUT2D eigenvalue weighted by molar-refractivity contribution is 7.92. The van der Waals surface area contributed by atoms with E-state index in [9.17, 15) is 18.5 Å². The van der Waals surface area contributed by atoms with E-state index >= 15 is 0 Å². The first kappa shape index (κ1) is 17.4. The molecule has 0 atom stereocenters. The van der Waals surface area contributed by atoms with Crippen molar-refractivity contribution in [3.05, 3.63) is 64.2 Å². The number of sulfonamides is 1. The average molecular weight is 345 g/mol. The monoisotopic (exact) mass is 345 g/mol. The van der Waals surface area contributed by atoms with E-state index in [1.807, 2.05) is 6.07 Å². The molecule has 8 heteroatoms. The zero-order valence-electron chi connectivity index (χ0n) is 12.9. The summed E-state index contributed by atoms with van der Waals surface area (Å²) >= 11 is 0. The topological polar surface area (TPSA) is 104 Å². The van der Waals surface area contributed by atoms with Gasteiger partial charge in [0.15, 0.2) is 0 Å². The van der Waals surface area contributed by atoms with Gasteiger partial charge in [0, 0.05) is 18.7 Å². The van der Waals surface area contributed by atoms with Crippen LogP contribution in [-0.4, -0.2) is 19.9 Å². The molecule has 0 N–H and O–H groups in total. The van der Waals surface area contributed by atoms with Crippen molar-refractivity contribution in [3.8, 4) is 6.07 Å². The van der Waals surface area contributed by atoms with Crippen LogP contribution >= 0.6 is 0 Å². The van der Waals surface area contributed by atoms with Crippen LogP contribution in [-0.2, 0) is 16.4 Å². The van der Waals surface area contributed by atoms with Crippen LogP contribution in [0.15, 0.2) is 53.4 Å². The Morgan fingerprint density at radius 2 is 1.71 bits per heavy atom. The molecular weight excluding hydrogens is 330 g/mol. The molecule has 0 saturated carbocycles. The first-order valence-electron chi connectivity index (χ1n) is 7.13. The number of benzene rings is 2. The Morgan fingerprint density at radius 3 is 2.17 bits per heavy atom. The van der Waals surface area contributed by atoms with Gasteiger partial charge < -0.3 is 0 Å². The Kier molecular flexibility index (Phi) is 5.16. The van der Waals surface area contributed by atoms with Crippen LogP contribution in [0, 0.1) is 21.4 Å². The largest absolute Gasteiger partial charge is 0.269 e. The van der Waals surface area contributed by atoms with Crippen LogP contribution in [0.2, 0.25) is 0 Å². The van der Waals surface area contributed by atoms with Crippen LogP contribution < -0.4 is 4.31 Å². The molecule has 0 amide bonds. The van der Waals surface area contributed by atoms with Gasteiger partial charge in [-0.3, -0.25) is 14.4 Å². The van der Waals surface area contributed by atoms with Gasteiger partial charge in [-0.2, -0.15) is 5.26 Å². The van der Waals surface area contributed by atoms with Crippen molar-refractivity contribution in [2.75, 3.05) is 10.8 Å². The summed E-state index contributed by atoms with van der Waals surface area (Å²) < 4.78 is 26.7. The Balaban J connectivity index is 2.37. The van der Waals surface area contributed by atoms with Crippen LogP contribution in [0.25, 0.3) is 0 Å². The summed E-state index contributed by atoms with van der Waals surface area (Å²) in [6.45, 7) is 1.91. The van der Waals surface area contributed by atoms with Gasteiger partial charge in [0.25, 0.3) is 15.7 Å². The van der Waals surface area contributed by atoms with Crippen LogP contribution in [0.3, 0.4) is 0 Å². The lowest BCUT2D eigenvalue weighted by Crippen LogP contribution is -2.30. The molecular formula is C16H15N3O4S. The molecule has 0 radical (unpaired) electrons. The van der Waals surface area contributed by atoms with Gasteiger partial charge in [-0.25, -0.2) is 8.42 Å². The normalized spacial score (nSPS) is 10.8. The Bertz CT molecular complexity index is 869. The second-order valence-electron chi connectivity index (χ2n) is 4.92. The minimum atomic E-state index is -3.83. The SMILES string of the molecule is CCN(c1ccc(CC#N)cc1)S(=O)(=O)c1ccc([N+](=O)[O-])cc1. The van der Waals surface area contributed by atoms with Crippen molar-refractivity contribution in [1.29, 1.82) is 5.26 Å². The van der Waals surface area contributed by atoms with Crippen LogP contribution in [0.5, 0.6) is 0 Å². The van der Waals surface area contributed by atoms with Gasteiger partial charge in [-0.05, 0) is 36.8 Å². The van der Waals surface area contributed by atoms with Crippen molar-refractivity contribution in [3.63, 3.8) is 0 Å². The van der Waals surface area contributed by atoms with E-state index in [0.717, 1.165) is 17.7 Å². The Morgan fingerprint density at radius 1 is 1.12 bits per heavy atom. The fraction of sp³-hybridized carbons (Fsp3) is 0.188. The average Bonchev–Trinajstić information content (AvgIpc) is 2.57. The van der Waals surface area contributed by atoms with Crippen molar-refractivity contribution in [2.45, 2.75) is 18.2 Å². The predicted octanol–water partition coefficient (Wildman–Crippen LogP) is 2.88. The summed E-state index contributed by atoms with van der Waals surface area (Å²) in [4.78, 5) is 10.1. The summed E-state index contributed by atoms with van der Waals surface area (Å²) in [7, 11) is -3.83. The summed E-state index contributed by atoms with van der Waals surface area (Å²) in [5, 5.41) is 19.4. The molecule has 2 aromatic rings. The first-order chi connectivity index (χ1) is 11.4. The van der Waals surface area contributed by atoms with E-state index in [1.54, 1.807) is 31.2 Å². The number of nitro benzene ring substituents is 1. The number of rotatable bonds is 6. The maximum Gasteiger partial charge on any atom is 0.269 e. The minimum absolute atomic E-state index is 0.0175. The quantitative estimate of drug-likeness (QED) is 0.591. The standard InChI is InChI=1S/C16H15N3O4S/c1-2-18(14-5-3-13(4-6-14)11-12-17)24(22,23)16-9-7-15(8-10-16)19(20)21/h3-10H,2,11H2,1H3. The van der Waals surface area contributed by atoms with E-state index in [2.05, 4.69) is 0 Å². The van der Waals surface area contributed by atoms with E-state index in [1.165, 1.54) is 16.4 Å². The van der Waals surface area contributed by atoms with Gasteiger partial charge in [-0.1, -0.05) is 12.1 Å². The summed E-state index contributed by atoms with van der Waals surface area (Å²) in [6.07, 6.45) is 0.251. The first-order valence-corrected chi connectivity index (χ1v) is 8.57. The lowest BCUT2D eigenvalue weighted by atomic mass is 10.1. The number of hydrogen-bond donors (Lipinski definition) is 0. The molecule has 0 unspecified atom stereocenters. The molecule has 24 heavy (non-hydrogen) atoms. The van der Waals surface area contributed by atoms with E-state index in [4.69, 9.17) is 5.26 Å². The van der Waals surface area contributed by atoms with Crippen LogP contribution in [0.4, 0.5) is 11.4 Å². The van der Waals surface area contributed by atoms with Gasteiger partial charge in [0.2, 0.25) is 0 Å². The van der Waals surface area contributed by atoms with Crippen molar-refractivity contribution >= 4 is 21.4 Å². The number of nitro groups is 1.